The zero-order valence-corrected chi connectivity index (χ0v) is 15.9. The lowest BCUT2D eigenvalue weighted by Crippen LogP contribution is -2.31. The summed E-state index contributed by atoms with van der Waals surface area (Å²) in [5.41, 5.74) is 0.322. The van der Waals surface area contributed by atoms with Gasteiger partial charge in [-0.3, -0.25) is 4.79 Å². The Morgan fingerprint density at radius 3 is 2.68 bits per heavy atom. The number of carbonyl (C=O) groups excluding carboxylic acids is 1. The first kappa shape index (κ1) is 19.7. The van der Waals surface area contributed by atoms with Crippen LogP contribution in [0.4, 0.5) is 0 Å². The van der Waals surface area contributed by atoms with Crippen molar-refractivity contribution in [1.82, 2.24) is 10.2 Å². The van der Waals surface area contributed by atoms with E-state index in [1.807, 2.05) is 13.0 Å². The number of likely N-dealkylation sites (tertiary alicyclic amines) is 1. The van der Waals surface area contributed by atoms with Crippen molar-refractivity contribution >= 4 is 5.91 Å². The van der Waals surface area contributed by atoms with Crippen LogP contribution in [0.3, 0.4) is 0 Å². The van der Waals surface area contributed by atoms with Gasteiger partial charge < -0.3 is 14.6 Å². The highest BCUT2D eigenvalue weighted by Gasteiger charge is 2.18. The van der Waals surface area contributed by atoms with Crippen LogP contribution in [-0.2, 0) is 0 Å². The van der Waals surface area contributed by atoms with Crippen molar-refractivity contribution < 1.29 is 9.21 Å². The number of hydrogen-bond donors (Lipinski definition) is 1. The van der Waals surface area contributed by atoms with Crippen LogP contribution in [-0.4, -0.2) is 37.0 Å². The van der Waals surface area contributed by atoms with Crippen molar-refractivity contribution in [2.45, 2.75) is 65.2 Å². The van der Waals surface area contributed by atoms with Crippen LogP contribution in [0.5, 0.6) is 0 Å². The van der Waals surface area contributed by atoms with Gasteiger partial charge in [0.25, 0.3) is 5.91 Å². The van der Waals surface area contributed by atoms with Gasteiger partial charge in [0.15, 0.2) is 0 Å². The zero-order chi connectivity index (χ0) is 18.2. The normalized spacial score (nSPS) is 16.1. The Hall–Kier alpha value is -1.62. The van der Waals surface area contributed by atoms with Crippen molar-refractivity contribution in [1.29, 1.82) is 0 Å². The Balaban J connectivity index is 1.85. The van der Waals surface area contributed by atoms with Gasteiger partial charge in [-0.05, 0) is 70.3 Å². The maximum atomic E-state index is 12.3. The Morgan fingerprint density at radius 2 is 2.04 bits per heavy atom. The van der Waals surface area contributed by atoms with E-state index in [1.165, 1.54) is 25.9 Å². The fourth-order valence-electron chi connectivity index (χ4n) is 3.48. The first-order valence-electron chi connectivity index (χ1n) is 9.68. The van der Waals surface area contributed by atoms with Crippen molar-refractivity contribution in [3.63, 3.8) is 0 Å². The Bertz CT molecular complexity index is 618. The van der Waals surface area contributed by atoms with E-state index in [4.69, 9.17) is 4.42 Å². The fraction of sp³-hybridized carbons (Fsp3) is 0.700. The molecule has 0 aliphatic carbocycles. The molecular formula is C20H32N2O3. The number of nitrogens with zero attached hydrogens (tertiary/aromatic N) is 1. The summed E-state index contributed by atoms with van der Waals surface area (Å²) in [4.78, 5) is 27.0. The van der Waals surface area contributed by atoms with Gasteiger partial charge in [-0.15, -0.1) is 0 Å². The van der Waals surface area contributed by atoms with E-state index in [9.17, 15) is 9.59 Å². The van der Waals surface area contributed by atoms with Crippen LogP contribution in [0.15, 0.2) is 15.3 Å². The Labute approximate surface area is 150 Å². The molecule has 0 bridgehead atoms. The standard InChI is InChI=1S/C20H32N2O3/c1-4-9-15(2)17-14-16(3)18(20(24)25-17)19(23)21-10-5-6-11-22-12-7-8-13-22/h14-15H,4-13H2,1-3H3,(H,21,23). The third-order valence-electron chi connectivity index (χ3n) is 4.99. The van der Waals surface area contributed by atoms with E-state index in [0.29, 0.717) is 17.9 Å². The van der Waals surface area contributed by atoms with Gasteiger partial charge in [0, 0.05) is 12.5 Å². The number of aryl methyl sites for hydroxylation is 1. The molecule has 2 rings (SSSR count). The molecule has 5 heteroatoms. The second-order valence-electron chi connectivity index (χ2n) is 7.20. The number of nitrogens with one attached hydrogen (secondary N) is 1. The number of unbranched alkanes of at least 4 members (excludes halogenated alkanes) is 1. The smallest absolute Gasteiger partial charge is 0.349 e. The van der Waals surface area contributed by atoms with Crippen LogP contribution in [0.1, 0.15) is 80.0 Å². The van der Waals surface area contributed by atoms with Crippen LogP contribution in [0, 0.1) is 6.92 Å². The summed E-state index contributed by atoms with van der Waals surface area (Å²) in [6.07, 6.45) is 6.60. The molecule has 1 aromatic rings. The molecule has 1 N–H and O–H groups in total. The molecule has 1 aliphatic rings. The average molecular weight is 348 g/mol. The first-order valence-corrected chi connectivity index (χ1v) is 9.68. The van der Waals surface area contributed by atoms with E-state index >= 15 is 0 Å². The summed E-state index contributed by atoms with van der Waals surface area (Å²) >= 11 is 0. The molecule has 5 nitrogen and oxygen atoms in total. The molecule has 0 radical (unpaired) electrons. The SMILES string of the molecule is CCCC(C)c1cc(C)c(C(=O)NCCCCN2CCCC2)c(=O)o1. The van der Waals surface area contributed by atoms with Gasteiger partial charge in [-0.2, -0.15) is 0 Å². The van der Waals surface area contributed by atoms with Crippen LogP contribution in [0.2, 0.25) is 0 Å². The summed E-state index contributed by atoms with van der Waals surface area (Å²) < 4.78 is 5.40. The minimum Gasteiger partial charge on any atom is -0.427 e. The average Bonchev–Trinajstić information content (AvgIpc) is 3.07. The maximum absolute atomic E-state index is 12.3. The first-order chi connectivity index (χ1) is 12.0. The highest BCUT2D eigenvalue weighted by molar-refractivity contribution is 5.95. The van der Waals surface area contributed by atoms with Crippen molar-refractivity contribution in [2.24, 2.45) is 0 Å². The lowest BCUT2D eigenvalue weighted by molar-refractivity contribution is 0.0947. The number of amides is 1. The molecule has 25 heavy (non-hydrogen) atoms. The molecular weight excluding hydrogens is 316 g/mol. The minimum absolute atomic E-state index is 0.145. The van der Waals surface area contributed by atoms with Crippen LogP contribution in [0.25, 0.3) is 0 Å². The summed E-state index contributed by atoms with van der Waals surface area (Å²) in [6.45, 7) is 10.1. The third-order valence-corrected chi connectivity index (χ3v) is 4.99. The van der Waals surface area contributed by atoms with Crippen molar-refractivity contribution in [2.75, 3.05) is 26.2 Å². The molecule has 140 valence electrons. The van der Waals surface area contributed by atoms with E-state index < -0.39 is 5.63 Å². The summed E-state index contributed by atoms with van der Waals surface area (Å²) in [5.74, 6) is 0.549. The molecule has 0 aromatic carbocycles. The number of rotatable bonds is 9. The lowest BCUT2D eigenvalue weighted by Gasteiger charge is -2.14. The second kappa shape index (κ2) is 9.76. The van der Waals surface area contributed by atoms with Gasteiger partial charge in [-0.25, -0.2) is 4.79 Å². The highest BCUT2D eigenvalue weighted by Crippen LogP contribution is 2.21. The van der Waals surface area contributed by atoms with E-state index in [-0.39, 0.29) is 17.4 Å². The highest BCUT2D eigenvalue weighted by atomic mass is 16.4. The lowest BCUT2D eigenvalue weighted by atomic mass is 10.0. The van der Waals surface area contributed by atoms with Crippen LogP contribution < -0.4 is 10.9 Å². The van der Waals surface area contributed by atoms with Crippen molar-refractivity contribution in [3.05, 3.63) is 33.4 Å². The van der Waals surface area contributed by atoms with Crippen molar-refractivity contribution in [3.8, 4) is 0 Å². The quantitative estimate of drug-likeness (QED) is 0.694. The van der Waals surface area contributed by atoms with E-state index in [2.05, 4.69) is 17.1 Å². The topological polar surface area (TPSA) is 62.6 Å². The summed E-state index contributed by atoms with van der Waals surface area (Å²) in [7, 11) is 0. The van der Waals surface area contributed by atoms with Gasteiger partial charge in [-0.1, -0.05) is 20.3 Å². The number of hydrogen-bond acceptors (Lipinski definition) is 4. The predicted molar refractivity (Wildman–Crippen MR) is 100 cm³/mol. The molecule has 1 fully saturated rings. The molecule has 1 atom stereocenters. The van der Waals surface area contributed by atoms with E-state index in [1.54, 1.807) is 6.92 Å². The number of carbonyl (C=O) groups is 1. The largest absolute Gasteiger partial charge is 0.427 e. The Morgan fingerprint density at radius 1 is 1.32 bits per heavy atom. The molecule has 0 saturated carbocycles. The second-order valence-corrected chi connectivity index (χ2v) is 7.20. The molecule has 1 aliphatic heterocycles. The maximum Gasteiger partial charge on any atom is 0.349 e. The predicted octanol–water partition coefficient (Wildman–Crippen LogP) is 3.46. The molecule has 1 aromatic heterocycles. The monoisotopic (exact) mass is 348 g/mol. The minimum atomic E-state index is -0.521. The molecule has 1 saturated heterocycles. The third kappa shape index (κ3) is 5.70. The van der Waals surface area contributed by atoms with Crippen LogP contribution >= 0.6 is 0 Å². The summed E-state index contributed by atoms with van der Waals surface area (Å²) in [5, 5.41) is 2.86. The molecule has 1 unspecified atom stereocenters. The molecule has 1 amide bonds. The zero-order valence-electron chi connectivity index (χ0n) is 15.9. The van der Waals surface area contributed by atoms with E-state index in [0.717, 1.165) is 32.2 Å². The molecule has 2 heterocycles. The Kier molecular flexibility index (Phi) is 7.69. The van der Waals surface area contributed by atoms with Gasteiger partial charge >= 0.3 is 5.63 Å². The van der Waals surface area contributed by atoms with Gasteiger partial charge in [0.2, 0.25) is 0 Å². The molecule has 0 spiro atoms. The fourth-order valence-corrected chi connectivity index (χ4v) is 3.48. The van der Waals surface area contributed by atoms with Gasteiger partial charge in [0.1, 0.15) is 11.3 Å². The van der Waals surface area contributed by atoms with Gasteiger partial charge in [0.05, 0.1) is 0 Å². The summed E-state index contributed by atoms with van der Waals surface area (Å²) in [6, 6.07) is 1.84.